The second kappa shape index (κ2) is 5.39. The summed E-state index contributed by atoms with van der Waals surface area (Å²) in [6.07, 6.45) is 3.43. The molecule has 0 N–H and O–H groups in total. The monoisotopic (exact) mass is 316 g/mol. The van der Waals surface area contributed by atoms with Gasteiger partial charge in [-0.15, -0.1) is 10.2 Å². The predicted octanol–water partition coefficient (Wildman–Crippen LogP) is 2.12. The lowest BCUT2D eigenvalue weighted by Gasteiger charge is -2.42. The van der Waals surface area contributed by atoms with E-state index >= 15 is 0 Å². The Morgan fingerprint density at radius 1 is 1.27 bits per heavy atom. The summed E-state index contributed by atoms with van der Waals surface area (Å²) >= 11 is 6.03. The first-order chi connectivity index (χ1) is 10.7. The highest BCUT2D eigenvalue weighted by Gasteiger charge is 2.36. The van der Waals surface area contributed by atoms with Gasteiger partial charge in [-0.1, -0.05) is 23.7 Å². The van der Waals surface area contributed by atoms with Gasteiger partial charge in [0.15, 0.2) is 0 Å². The lowest BCUT2D eigenvalue weighted by molar-refractivity contribution is -0.141. The number of rotatable bonds is 2. The van der Waals surface area contributed by atoms with Crippen LogP contribution >= 0.6 is 11.6 Å². The van der Waals surface area contributed by atoms with E-state index in [2.05, 4.69) is 16.3 Å². The van der Waals surface area contributed by atoms with Crippen LogP contribution in [0.25, 0.3) is 0 Å². The molecule has 0 aliphatic carbocycles. The van der Waals surface area contributed by atoms with E-state index in [1.165, 1.54) is 5.56 Å². The maximum Gasteiger partial charge on any atom is 0.227 e. The Bertz CT molecular complexity index is 708. The first kappa shape index (κ1) is 13.8. The normalized spacial score (nSPS) is 21.3. The number of benzene rings is 1. The number of aryl methyl sites for hydroxylation is 1. The minimum absolute atomic E-state index is 0.0591. The van der Waals surface area contributed by atoms with Gasteiger partial charge in [-0.05, 0) is 24.1 Å². The highest BCUT2D eigenvalue weighted by atomic mass is 35.5. The van der Waals surface area contributed by atoms with Crippen molar-refractivity contribution in [2.75, 3.05) is 13.1 Å². The number of halogens is 1. The summed E-state index contributed by atoms with van der Waals surface area (Å²) < 4.78 is 2.00. The zero-order valence-electron chi connectivity index (χ0n) is 12.2. The molecular weight excluding hydrogens is 300 g/mol. The minimum atomic E-state index is 0.0591. The minimum Gasteiger partial charge on any atom is -0.341 e. The van der Waals surface area contributed by atoms with Crippen molar-refractivity contribution in [2.24, 2.45) is 5.92 Å². The molecule has 4 rings (SSSR count). The van der Waals surface area contributed by atoms with Gasteiger partial charge in [-0.3, -0.25) is 4.79 Å². The second-order valence-corrected chi connectivity index (χ2v) is 6.57. The van der Waals surface area contributed by atoms with Gasteiger partial charge >= 0.3 is 0 Å². The number of nitrogens with zero attached hydrogens (tertiary/aromatic N) is 4. The number of hydrogen-bond donors (Lipinski definition) is 0. The zero-order valence-corrected chi connectivity index (χ0v) is 12.9. The number of fused-ring (bicyclic) bond motifs is 1. The van der Waals surface area contributed by atoms with Crippen LogP contribution < -0.4 is 0 Å². The summed E-state index contributed by atoms with van der Waals surface area (Å²) in [7, 11) is 0. The van der Waals surface area contributed by atoms with Crippen molar-refractivity contribution in [1.82, 2.24) is 19.7 Å². The van der Waals surface area contributed by atoms with E-state index in [0.717, 1.165) is 36.8 Å². The fourth-order valence-electron chi connectivity index (χ4n) is 3.35. The SMILES string of the molecule is O=C(C1CCc2nncn2C1)N1CC(c2cccc(Cl)c2)C1. The molecule has 1 unspecified atom stereocenters. The molecule has 114 valence electrons. The molecule has 22 heavy (non-hydrogen) atoms. The number of carbonyl (C=O) groups is 1. The third kappa shape index (κ3) is 2.39. The van der Waals surface area contributed by atoms with E-state index in [1.54, 1.807) is 6.33 Å². The number of likely N-dealkylation sites (tertiary alicyclic amines) is 1. The molecule has 0 bridgehead atoms. The van der Waals surface area contributed by atoms with Crippen molar-refractivity contribution < 1.29 is 4.79 Å². The average molecular weight is 317 g/mol. The molecule has 0 saturated carbocycles. The summed E-state index contributed by atoms with van der Waals surface area (Å²) in [6.45, 7) is 2.30. The standard InChI is InChI=1S/C16H17ClN4O/c17-14-3-1-2-11(6-14)13-8-20(9-13)16(22)12-4-5-15-19-18-10-21(15)7-12/h1-3,6,10,12-13H,4-5,7-9H2. The maximum absolute atomic E-state index is 12.6. The van der Waals surface area contributed by atoms with Crippen LogP contribution in [-0.2, 0) is 17.8 Å². The maximum atomic E-state index is 12.6. The molecule has 6 heteroatoms. The number of aromatic nitrogens is 3. The van der Waals surface area contributed by atoms with E-state index < -0.39 is 0 Å². The molecule has 2 aliphatic heterocycles. The first-order valence-electron chi connectivity index (χ1n) is 7.61. The number of carbonyl (C=O) groups excluding carboxylic acids is 1. The molecule has 1 fully saturated rings. The summed E-state index contributed by atoms with van der Waals surface area (Å²) in [4.78, 5) is 14.6. The lowest BCUT2D eigenvalue weighted by atomic mass is 9.89. The summed E-state index contributed by atoms with van der Waals surface area (Å²) in [6, 6.07) is 7.93. The fraction of sp³-hybridized carbons (Fsp3) is 0.438. The molecule has 1 amide bonds. The van der Waals surface area contributed by atoms with Gasteiger partial charge in [0, 0.05) is 37.0 Å². The van der Waals surface area contributed by atoms with Gasteiger partial charge in [0.2, 0.25) is 5.91 Å². The molecule has 1 aromatic carbocycles. The number of hydrogen-bond acceptors (Lipinski definition) is 3. The first-order valence-corrected chi connectivity index (χ1v) is 7.99. The molecule has 1 atom stereocenters. The Morgan fingerprint density at radius 3 is 2.95 bits per heavy atom. The van der Waals surface area contributed by atoms with Crippen LogP contribution in [0.5, 0.6) is 0 Å². The van der Waals surface area contributed by atoms with E-state index in [9.17, 15) is 4.79 Å². The van der Waals surface area contributed by atoms with Gasteiger partial charge in [0.05, 0.1) is 5.92 Å². The molecule has 0 radical (unpaired) electrons. The second-order valence-electron chi connectivity index (χ2n) is 6.13. The average Bonchev–Trinajstić information content (AvgIpc) is 2.93. The molecule has 1 aromatic heterocycles. The van der Waals surface area contributed by atoms with Crippen LogP contribution in [0.3, 0.4) is 0 Å². The molecule has 0 spiro atoms. The highest BCUT2D eigenvalue weighted by molar-refractivity contribution is 6.30. The summed E-state index contributed by atoms with van der Waals surface area (Å²) in [5, 5.41) is 8.74. The van der Waals surface area contributed by atoms with Gasteiger partial charge in [-0.2, -0.15) is 0 Å². The van der Waals surface area contributed by atoms with Gasteiger partial charge in [0.25, 0.3) is 0 Å². The van der Waals surface area contributed by atoms with Crippen LogP contribution in [0.15, 0.2) is 30.6 Å². The Hall–Kier alpha value is -1.88. The van der Waals surface area contributed by atoms with Crippen molar-refractivity contribution in [3.05, 3.63) is 47.0 Å². The summed E-state index contributed by atoms with van der Waals surface area (Å²) in [5.41, 5.74) is 1.22. The van der Waals surface area contributed by atoms with Crippen LogP contribution in [0.4, 0.5) is 0 Å². The summed E-state index contributed by atoms with van der Waals surface area (Å²) in [5.74, 6) is 1.72. The van der Waals surface area contributed by atoms with Gasteiger partial charge in [0.1, 0.15) is 12.2 Å². The Labute approximate surface area is 133 Å². The van der Waals surface area contributed by atoms with Crippen molar-refractivity contribution in [3.8, 4) is 0 Å². The van der Waals surface area contributed by atoms with E-state index in [0.29, 0.717) is 12.5 Å². The van der Waals surface area contributed by atoms with Crippen LogP contribution in [0.2, 0.25) is 5.02 Å². The van der Waals surface area contributed by atoms with Crippen molar-refractivity contribution in [3.63, 3.8) is 0 Å². The Kier molecular flexibility index (Phi) is 3.37. The van der Waals surface area contributed by atoms with E-state index in [-0.39, 0.29) is 11.8 Å². The van der Waals surface area contributed by atoms with Crippen molar-refractivity contribution >= 4 is 17.5 Å². The van der Waals surface area contributed by atoms with Crippen molar-refractivity contribution in [2.45, 2.75) is 25.3 Å². The zero-order chi connectivity index (χ0) is 15.1. The molecular formula is C16H17ClN4O. The van der Waals surface area contributed by atoms with Gasteiger partial charge < -0.3 is 9.47 Å². The molecule has 5 nitrogen and oxygen atoms in total. The van der Waals surface area contributed by atoms with Crippen LogP contribution in [0, 0.1) is 5.92 Å². The largest absolute Gasteiger partial charge is 0.341 e. The highest BCUT2D eigenvalue weighted by Crippen LogP contribution is 2.31. The fourth-order valence-corrected chi connectivity index (χ4v) is 3.55. The lowest BCUT2D eigenvalue weighted by Crippen LogP contribution is -2.51. The Balaban J connectivity index is 1.38. The van der Waals surface area contributed by atoms with E-state index in [4.69, 9.17) is 11.6 Å². The third-order valence-corrected chi connectivity index (χ3v) is 4.93. The smallest absolute Gasteiger partial charge is 0.227 e. The number of amides is 1. The quantitative estimate of drug-likeness (QED) is 0.852. The topological polar surface area (TPSA) is 51.0 Å². The van der Waals surface area contributed by atoms with Gasteiger partial charge in [-0.25, -0.2) is 0 Å². The third-order valence-electron chi connectivity index (χ3n) is 4.69. The van der Waals surface area contributed by atoms with Crippen LogP contribution in [-0.4, -0.2) is 38.7 Å². The van der Waals surface area contributed by atoms with E-state index in [1.807, 2.05) is 27.7 Å². The Morgan fingerprint density at radius 2 is 2.14 bits per heavy atom. The molecule has 2 aliphatic rings. The predicted molar refractivity (Wildman–Crippen MR) is 82.6 cm³/mol. The molecule has 2 aromatic rings. The van der Waals surface area contributed by atoms with Crippen LogP contribution in [0.1, 0.15) is 23.7 Å². The molecule has 3 heterocycles. The molecule has 1 saturated heterocycles. The van der Waals surface area contributed by atoms with Crippen molar-refractivity contribution in [1.29, 1.82) is 0 Å².